The largest absolute Gasteiger partial charge is 0.295 e. The average molecular weight is 462 g/mol. The van der Waals surface area contributed by atoms with Crippen molar-refractivity contribution < 1.29 is 9.59 Å². The van der Waals surface area contributed by atoms with Gasteiger partial charge in [-0.3, -0.25) is 9.59 Å². The van der Waals surface area contributed by atoms with Gasteiger partial charge in [0.05, 0.1) is 5.57 Å². The summed E-state index contributed by atoms with van der Waals surface area (Å²) in [7, 11) is 0. The molecule has 7 atom stereocenters. The van der Waals surface area contributed by atoms with Gasteiger partial charge in [-0.25, -0.2) is 0 Å². The number of rotatable bonds is 1. The molecule has 184 valence electrons. The Morgan fingerprint density at radius 1 is 0.971 bits per heavy atom. The topological polar surface area (TPSA) is 57.9 Å². The normalized spacial score (nSPS) is 46.6. The fourth-order valence-electron chi connectivity index (χ4n) is 10.0. The van der Waals surface area contributed by atoms with Gasteiger partial charge in [-0.2, -0.15) is 5.26 Å². The highest BCUT2D eigenvalue weighted by molar-refractivity contribution is 6.04. The van der Waals surface area contributed by atoms with Crippen LogP contribution in [0.5, 0.6) is 0 Å². The van der Waals surface area contributed by atoms with Crippen LogP contribution in [0.3, 0.4) is 0 Å². The van der Waals surface area contributed by atoms with E-state index in [-0.39, 0.29) is 28.6 Å². The lowest BCUT2D eigenvalue weighted by Gasteiger charge is -2.65. The van der Waals surface area contributed by atoms with Crippen LogP contribution in [-0.4, -0.2) is 11.6 Å². The third-order valence-electron chi connectivity index (χ3n) is 12.0. The lowest BCUT2D eigenvalue weighted by atomic mass is 9.38. The number of hydrogen-bond donors (Lipinski definition) is 0. The fourth-order valence-corrected chi connectivity index (χ4v) is 10.0. The predicted molar refractivity (Wildman–Crippen MR) is 135 cm³/mol. The van der Waals surface area contributed by atoms with E-state index in [9.17, 15) is 14.9 Å². The summed E-state index contributed by atoms with van der Waals surface area (Å²) in [5, 5.41) is 9.81. The maximum Gasteiger partial charge on any atom is 0.178 e. The summed E-state index contributed by atoms with van der Waals surface area (Å²) in [5.41, 5.74) is 1.08. The number of ketones is 2. The van der Waals surface area contributed by atoms with Gasteiger partial charge in [0.2, 0.25) is 0 Å². The average Bonchev–Trinajstić information content (AvgIpc) is 2.77. The standard InChI is InChI=1S/C31H43NO2/c1-8-31-12-9-20-25(21(31)17-27(2,3)13-14-31)22(33)15-24-29(20,6)11-10-23-28(4,5)26(34)19(18-32)16-30(23,24)7/h15-16,20-21,23,25H,8-14,17H2,1-7H3. The first kappa shape index (κ1) is 24.0. The van der Waals surface area contributed by atoms with Crippen LogP contribution in [0.2, 0.25) is 0 Å². The number of carbonyl (C=O) groups excluding carboxylic acids is 2. The SMILES string of the molecule is CCC12CCC3C(C(=O)C=C4C5(C)C=C(C#N)C(=O)C(C)(C)C5CCC43C)C1CC(C)(C)CC2. The number of carbonyl (C=O) groups is 2. The van der Waals surface area contributed by atoms with E-state index >= 15 is 0 Å². The van der Waals surface area contributed by atoms with Gasteiger partial charge in [0.1, 0.15) is 6.07 Å². The van der Waals surface area contributed by atoms with Gasteiger partial charge in [0, 0.05) is 16.7 Å². The zero-order chi connectivity index (χ0) is 24.9. The van der Waals surface area contributed by atoms with Crippen molar-refractivity contribution in [2.45, 2.75) is 99.8 Å². The van der Waals surface area contributed by atoms with E-state index in [4.69, 9.17) is 0 Å². The Kier molecular flexibility index (Phi) is 5.07. The molecule has 3 nitrogen and oxygen atoms in total. The Hall–Kier alpha value is -1.69. The summed E-state index contributed by atoms with van der Waals surface area (Å²) in [6, 6.07) is 2.20. The van der Waals surface area contributed by atoms with Gasteiger partial charge >= 0.3 is 0 Å². The van der Waals surface area contributed by atoms with Crippen molar-refractivity contribution in [2.75, 3.05) is 0 Å². The lowest BCUT2D eigenvalue weighted by Crippen LogP contribution is -2.60. The van der Waals surface area contributed by atoms with E-state index in [1.165, 1.54) is 31.3 Å². The van der Waals surface area contributed by atoms with Crippen molar-refractivity contribution >= 4 is 11.6 Å². The van der Waals surface area contributed by atoms with Gasteiger partial charge in [-0.05, 0) is 85.0 Å². The second kappa shape index (κ2) is 7.18. The van der Waals surface area contributed by atoms with Crippen molar-refractivity contribution in [3.8, 4) is 6.07 Å². The first-order valence-electron chi connectivity index (χ1n) is 13.7. The Morgan fingerprint density at radius 2 is 1.68 bits per heavy atom. The zero-order valence-electron chi connectivity index (χ0n) is 22.4. The number of nitrogens with zero attached hydrogens (tertiary/aromatic N) is 1. The highest BCUT2D eigenvalue weighted by Gasteiger charge is 2.65. The number of fused-ring (bicyclic) bond motifs is 7. The van der Waals surface area contributed by atoms with Gasteiger partial charge in [0.15, 0.2) is 11.6 Å². The van der Waals surface area contributed by atoms with Crippen LogP contribution >= 0.6 is 0 Å². The summed E-state index contributed by atoms with van der Waals surface area (Å²) in [4.78, 5) is 27.2. The first-order chi connectivity index (χ1) is 15.8. The third-order valence-corrected chi connectivity index (χ3v) is 12.0. The Bertz CT molecular complexity index is 1050. The molecule has 5 aliphatic rings. The van der Waals surface area contributed by atoms with E-state index < -0.39 is 10.8 Å². The van der Waals surface area contributed by atoms with E-state index in [1.807, 2.05) is 26.0 Å². The van der Waals surface area contributed by atoms with Gasteiger partial charge in [-0.1, -0.05) is 66.5 Å². The second-order valence-corrected chi connectivity index (χ2v) is 14.3. The molecule has 7 unspecified atom stereocenters. The van der Waals surface area contributed by atoms with Crippen molar-refractivity contribution in [3.63, 3.8) is 0 Å². The molecule has 3 saturated carbocycles. The molecule has 5 rings (SSSR count). The van der Waals surface area contributed by atoms with Crippen LogP contribution in [0.15, 0.2) is 23.3 Å². The number of allylic oxidation sites excluding steroid dienone is 4. The summed E-state index contributed by atoms with van der Waals surface area (Å²) in [5.74, 6) is 1.40. The van der Waals surface area contributed by atoms with E-state index in [2.05, 4.69) is 40.7 Å². The van der Waals surface area contributed by atoms with Crippen LogP contribution < -0.4 is 0 Å². The van der Waals surface area contributed by atoms with Crippen LogP contribution in [0.4, 0.5) is 0 Å². The Balaban J connectivity index is 1.65. The van der Waals surface area contributed by atoms with Crippen molar-refractivity contribution in [1.82, 2.24) is 0 Å². The van der Waals surface area contributed by atoms with Crippen LogP contribution in [-0.2, 0) is 9.59 Å². The van der Waals surface area contributed by atoms with Crippen molar-refractivity contribution in [2.24, 2.45) is 50.7 Å². The smallest absolute Gasteiger partial charge is 0.178 e. The van der Waals surface area contributed by atoms with Crippen molar-refractivity contribution in [3.05, 3.63) is 23.3 Å². The molecule has 0 amide bonds. The molecular weight excluding hydrogens is 418 g/mol. The molecule has 3 heteroatoms. The van der Waals surface area contributed by atoms with Gasteiger partial charge in [0.25, 0.3) is 0 Å². The summed E-state index contributed by atoms with van der Waals surface area (Å²) >= 11 is 0. The second-order valence-electron chi connectivity index (χ2n) is 14.3. The van der Waals surface area contributed by atoms with Gasteiger partial charge < -0.3 is 0 Å². The molecule has 5 aliphatic carbocycles. The molecule has 0 spiro atoms. The van der Waals surface area contributed by atoms with Crippen LogP contribution in [0.25, 0.3) is 0 Å². The number of Topliss-reactive ketones (excluding diaryl/α,β-unsaturated/α-hetero) is 1. The quantitative estimate of drug-likeness (QED) is 0.414. The molecule has 0 N–H and O–H groups in total. The van der Waals surface area contributed by atoms with E-state index in [1.54, 1.807) is 0 Å². The molecule has 0 radical (unpaired) electrons. The minimum Gasteiger partial charge on any atom is -0.295 e. The molecule has 0 aromatic rings. The molecule has 0 aromatic carbocycles. The lowest BCUT2D eigenvalue weighted by molar-refractivity contribution is -0.148. The van der Waals surface area contributed by atoms with Crippen molar-refractivity contribution in [1.29, 1.82) is 5.26 Å². The maximum absolute atomic E-state index is 14.1. The molecule has 0 heterocycles. The minimum absolute atomic E-state index is 0.0310. The monoisotopic (exact) mass is 461 g/mol. The molecule has 0 aliphatic heterocycles. The fraction of sp³-hybridized carbons (Fsp3) is 0.774. The van der Waals surface area contributed by atoms with E-state index in [0.29, 0.717) is 28.4 Å². The molecule has 0 saturated heterocycles. The van der Waals surface area contributed by atoms with Gasteiger partial charge in [-0.15, -0.1) is 0 Å². The predicted octanol–water partition coefficient (Wildman–Crippen LogP) is 7.23. The van der Waals surface area contributed by atoms with Crippen LogP contribution in [0, 0.1) is 62.1 Å². The third kappa shape index (κ3) is 2.93. The number of hydrogen-bond acceptors (Lipinski definition) is 3. The summed E-state index contributed by atoms with van der Waals surface area (Å²) in [6.07, 6.45) is 13.2. The molecule has 0 aromatic heterocycles. The van der Waals surface area contributed by atoms with E-state index in [0.717, 1.165) is 25.7 Å². The minimum atomic E-state index is -0.589. The molecule has 0 bridgehead atoms. The van der Waals surface area contributed by atoms with Crippen LogP contribution in [0.1, 0.15) is 99.8 Å². The molecule has 34 heavy (non-hydrogen) atoms. The highest BCUT2D eigenvalue weighted by Crippen LogP contribution is 2.70. The first-order valence-corrected chi connectivity index (χ1v) is 13.7. The highest BCUT2D eigenvalue weighted by atomic mass is 16.1. The molecule has 3 fully saturated rings. The Morgan fingerprint density at radius 3 is 2.32 bits per heavy atom. The summed E-state index contributed by atoms with van der Waals surface area (Å²) < 4.78 is 0. The maximum atomic E-state index is 14.1. The summed E-state index contributed by atoms with van der Waals surface area (Å²) in [6.45, 7) is 15.8. The zero-order valence-corrected chi connectivity index (χ0v) is 22.4. The molecular formula is C31H43NO2. The number of nitriles is 1. The Labute approximate surface area is 206 Å².